The SMILES string of the molecule is CCN1CCC[C@H]1CNC(=O)CCN1C(=O)c2ccccc2N2C(=O)c3c(ccc(OC)c3OC)[C@H]12. The van der Waals surface area contributed by atoms with Crippen LogP contribution in [0.3, 0.4) is 0 Å². The van der Waals surface area contributed by atoms with Crippen LogP contribution >= 0.6 is 0 Å². The van der Waals surface area contributed by atoms with Gasteiger partial charge in [-0.05, 0) is 44.1 Å². The van der Waals surface area contributed by atoms with Gasteiger partial charge in [-0.25, -0.2) is 0 Å². The van der Waals surface area contributed by atoms with Crippen molar-refractivity contribution < 1.29 is 23.9 Å². The standard InChI is InChI=1S/C27H32N4O5/c1-4-29-14-7-8-17(29)16-28-22(32)13-15-30-25-19-11-12-21(35-2)24(36-3)23(19)27(34)31(25)20-10-6-5-9-18(20)26(30)33/h5-6,9-12,17,25H,4,7-8,13-16H2,1-3H3,(H,28,32)/t17-,25+/m0/s1. The van der Waals surface area contributed by atoms with Crippen molar-refractivity contribution in [3.8, 4) is 11.5 Å². The van der Waals surface area contributed by atoms with Gasteiger partial charge in [0.15, 0.2) is 11.5 Å². The molecule has 0 aromatic heterocycles. The number of carbonyl (C=O) groups excluding carboxylic acids is 3. The first-order valence-electron chi connectivity index (χ1n) is 12.5. The summed E-state index contributed by atoms with van der Waals surface area (Å²) in [5.74, 6) is 0.217. The number of hydrogen-bond acceptors (Lipinski definition) is 6. The number of nitrogens with one attached hydrogen (secondary N) is 1. The molecule has 3 amide bonds. The lowest BCUT2D eigenvalue weighted by Gasteiger charge is -2.40. The second kappa shape index (κ2) is 9.81. The summed E-state index contributed by atoms with van der Waals surface area (Å²) >= 11 is 0. The molecule has 5 rings (SSSR count). The average molecular weight is 493 g/mol. The van der Waals surface area contributed by atoms with Crippen LogP contribution < -0.4 is 19.7 Å². The molecule has 0 unspecified atom stereocenters. The van der Waals surface area contributed by atoms with Crippen molar-refractivity contribution >= 4 is 23.4 Å². The Balaban J connectivity index is 1.42. The molecule has 9 nitrogen and oxygen atoms in total. The summed E-state index contributed by atoms with van der Waals surface area (Å²) in [6.45, 7) is 4.97. The number of nitrogens with zero attached hydrogens (tertiary/aromatic N) is 3. The van der Waals surface area contributed by atoms with E-state index in [1.54, 1.807) is 40.1 Å². The number of amides is 3. The van der Waals surface area contributed by atoms with Crippen LogP contribution in [0.5, 0.6) is 11.5 Å². The maximum absolute atomic E-state index is 13.7. The smallest absolute Gasteiger partial charge is 0.264 e. The van der Waals surface area contributed by atoms with Crippen molar-refractivity contribution in [1.82, 2.24) is 15.1 Å². The first kappa shape index (κ1) is 24.1. The fourth-order valence-corrected chi connectivity index (χ4v) is 5.74. The van der Waals surface area contributed by atoms with Gasteiger partial charge in [0.25, 0.3) is 11.8 Å². The lowest BCUT2D eigenvalue weighted by atomic mass is 10.0. The Morgan fingerprint density at radius 1 is 1.08 bits per heavy atom. The lowest BCUT2D eigenvalue weighted by Crippen LogP contribution is -2.49. The van der Waals surface area contributed by atoms with Crippen LogP contribution in [0.25, 0.3) is 0 Å². The molecule has 0 aliphatic carbocycles. The number of para-hydroxylation sites is 1. The summed E-state index contributed by atoms with van der Waals surface area (Å²) in [7, 11) is 3.01. The summed E-state index contributed by atoms with van der Waals surface area (Å²) in [4.78, 5) is 45.7. The van der Waals surface area contributed by atoms with Crippen molar-refractivity contribution in [3.05, 3.63) is 53.1 Å². The van der Waals surface area contributed by atoms with Gasteiger partial charge in [-0.15, -0.1) is 0 Å². The zero-order chi connectivity index (χ0) is 25.4. The minimum Gasteiger partial charge on any atom is -0.493 e. The number of hydrogen-bond donors (Lipinski definition) is 1. The summed E-state index contributed by atoms with van der Waals surface area (Å²) in [5.41, 5.74) is 2.02. The Hall–Kier alpha value is -3.59. The van der Waals surface area contributed by atoms with Gasteiger partial charge in [0.2, 0.25) is 5.91 Å². The van der Waals surface area contributed by atoms with E-state index in [9.17, 15) is 14.4 Å². The molecule has 3 heterocycles. The Morgan fingerprint density at radius 3 is 2.64 bits per heavy atom. The monoisotopic (exact) mass is 492 g/mol. The van der Waals surface area contributed by atoms with Gasteiger partial charge in [-0.3, -0.25) is 24.2 Å². The lowest BCUT2D eigenvalue weighted by molar-refractivity contribution is -0.121. The van der Waals surface area contributed by atoms with Crippen LogP contribution in [0, 0.1) is 0 Å². The second-order valence-corrected chi connectivity index (χ2v) is 9.31. The predicted molar refractivity (Wildman–Crippen MR) is 134 cm³/mol. The number of rotatable bonds is 8. The Kier molecular flexibility index (Phi) is 6.57. The molecule has 190 valence electrons. The van der Waals surface area contributed by atoms with Gasteiger partial charge in [0.05, 0.1) is 31.0 Å². The average Bonchev–Trinajstić information content (AvgIpc) is 3.49. The van der Waals surface area contributed by atoms with Gasteiger partial charge in [0.1, 0.15) is 6.17 Å². The highest BCUT2D eigenvalue weighted by Crippen LogP contribution is 2.49. The van der Waals surface area contributed by atoms with Crippen molar-refractivity contribution in [3.63, 3.8) is 0 Å². The molecule has 2 aromatic rings. The second-order valence-electron chi connectivity index (χ2n) is 9.31. The Bertz CT molecular complexity index is 1200. The molecule has 1 fully saturated rings. The largest absolute Gasteiger partial charge is 0.493 e. The zero-order valence-electron chi connectivity index (χ0n) is 21.0. The van der Waals surface area contributed by atoms with Crippen LogP contribution in [0.4, 0.5) is 5.69 Å². The number of fused-ring (bicyclic) bond motifs is 5. The first-order chi connectivity index (χ1) is 17.5. The fraction of sp³-hybridized carbons (Fsp3) is 0.444. The predicted octanol–water partition coefficient (Wildman–Crippen LogP) is 2.81. The summed E-state index contributed by atoms with van der Waals surface area (Å²) in [6.07, 6.45) is 1.72. The number of benzene rings is 2. The van der Waals surface area contributed by atoms with E-state index in [-0.39, 0.29) is 30.7 Å². The first-order valence-corrected chi connectivity index (χ1v) is 12.5. The number of likely N-dealkylation sites (tertiary alicyclic amines) is 1. The summed E-state index contributed by atoms with van der Waals surface area (Å²) < 4.78 is 11.0. The third kappa shape index (κ3) is 3.87. The van der Waals surface area contributed by atoms with Crippen LogP contribution in [0.1, 0.15) is 58.6 Å². The van der Waals surface area contributed by atoms with Crippen molar-refractivity contribution in [1.29, 1.82) is 0 Å². The maximum atomic E-state index is 13.7. The van der Waals surface area contributed by atoms with E-state index in [4.69, 9.17) is 9.47 Å². The van der Waals surface area contributed by atoms with Gasteiger partial charge in [-0.2, -0.15) is 0 Å². The van der Waals surface area contributed by atoms with E-state index in [1.165, 1.54) is 14.2 Å². The Labute approximate surface area is 210 Å². The molecule has 1 saturated heterocycles. The molecule has 1 N–H and O–H groups in total. The number of anilines is 1. The molecule has 2 aromatic carbocycles. The Morgan fingerprint density at radius 2 is 1.89 bits per heavy atom. The van der Waals surface area contributed by atoms with Gasteiger partial charge in [0, 0.05) is 31.1 Å². The number of methoxy groups -OCH3 is 2. The van der Waals surface area contributed by atoms with Crippen LogP contribution in [-0.2, 0) is 4.79 Å². The summed E-state index contributed by atoms with van der Waals surface area (Å²) in [5, 5.41) is 3.05. The van der Waals surface area contributed by atoms with Crippen LogP contribution in [-0.4, -0.2) is 74.0 Å². The van der Waals surface area contributed by atoms with Crippen LogP contribution in [0.15, 0.2) is 36.4 Å². The fourth-order valence-electron chi connectivity index (χ4n) is 5.74. The molecule has 36 heavy (non-hydrogen) atoms. The zero-order valence-corrected chi connectivity index (χ0v) is 21.0. The molecule has 9 heteroatoms. The molecule has 3 aliphatic rings. The van der Waals surface area contributed by atoms with E-state index < -0.39 is 6.17 Å². The molecule has 2 atom stereocenters. The van der Waals surface area contributed by atoms with Gasteiger partial charge in [-0.1, -0.05) is 25.1 Å². The molecule has 0 bridgehead atoms. The minimum absolute atomic E-state index is 0.104. The topological polar surface area (TPSA) is 91.4 Å². The third-order valence-electron chi connectivity index (χ3n) is 7.50. The summed E-state index contributed by atoms with van der Waals surface area (Å²) in [6, 6.07) is 11.0. The minimum atomic E-state index is -0.659. The number of likely N-dealkylation sites (N-methyl/N-ethyl adjacent to an activating group) is 1. The van der Waals surface area contributed by atoms with Gasteiger partial charge < -0.3 is 19.7 Å². The van der Waals surface area contributed by atoms with Gasteiger partial charge >= 0.3 is 0 Å². The van der Waals surface area contributed by atoms with E-state index in [0.29, 0.717) is 46.5 Å². The molecule has 0 spiro atoms. The molecular formula is C27H32N4O5. The highest BCUT2D eigenvalue weighted by molar-refractivity contribution is 6.18. The van der Waals surface area contributed by atoms with Crippen LogP contribution in [0.2, 0.25) is 0 Å². The maximum Gasteiger partial charge on any atom is 0.264 e. The highest BCUT2D eigenvalue weighted by atomic mass is 16.5. The van der Waals surface area contributed by atoms with E-state index >= 15 is 0 Å². The molecule has 0 radical (unpaired) electrons. The van der Waals surface area contributed by atoms with E-state index in [0.717, 1.165) is 25.9 Å². The normalized spacial score (nSPS) is 20.8. The van der Waals surface area contributed by atoms with Crippen molar-refractivity contribution in [2.45, 2.75) is 38.4 Å². The molecule has 0 saturated carbocycles. The molecule has 3 aliphatic heterocycles. The van der Waals surface area contributed by atoms with Crippen molar-refractivity contribution in [2.24, 2.45) is 0 Å². The van der Waals surface area contributed by atoms with Crippen molar-refractivity contribution in [2.75, 3.05) is 45.3 Å². The quantitative estimate of drug-likeness (QED) is 0.610. The molecular weight excluding hydrogens is 460 g/mol. The number of ether oxygens (including phenoxy) is 2. The third-order valence-corrected chi connectivity index (χ3v) is 7.50. The van der Waals surface area contributed by atoms with E-state index in [2.05, 4.69) is 17.1 Å². The highest BCUT2D eigenvalue weighted by Gasteiger charge is 2.49. The number of carbonyl (C=O) groups is 3. The van der Waals surface area contributed by atoms with E-state index in [1.807, 2.05) is 6.07 Å².